The normalized spacial score (nSPS) is 19.2. The summed E-state index contributed by atoms with van der Waals surface area (Å²) in [6, 6.07) is 3.81. The van der Waals surface area contributed by atoms with Gasteiger partial charge in [-0.25, -0.2) is 4.98 Å². The van der Waals surface area contributed by atoms with Crippen LogP contribution in [-0.4, -0.2) is 28.4 Å². The van der Waals surface area contributed by atoms with Crippen molar-refractivity contribution in [1.29, 1.82) is 0 Å². The van der Waals surface area contributed by atoms with Crippen LogP contribution in [0.5, 0.6) is 0 Å². The van der Waals surface area contributed by atoms with Crippen molar-refractivity contribution in [2.45, 2.75) is 38.6 Å². The molecule has 1 unspecified atom stereocenters. The van der Waals surface area contributed by atoms with Crippen LogP contribution in [0.1, 0.15) is 43.1 Å². The van der Waals surface area contributed by atoms with Crippen LogP contribution in [0.3, 0.4) is 0 Å². The maximum absolute atomic E-state index is 12.3. The van der Waals surface area contributed by atoms with Gasteiger partial charge in [0.25, 0.3) is 5.91 Å². The monoisotopic (exact) mass is 269 g/mol. The van der Waals surface area contributed by atoms with Crippen LogP contribution in [0.2, 0.25) is 0 Å². The van der Waals surface area contributed by atoms with Crippen molar-refractivity contribution in [2.75, 3.05) is 12.3 Å². The molecule has 1 aliphatic heterocycles. The topological polar surface area (TPSA) is 59.2 Å². The fourth-order valence-electron chi connectivity index (χ4n) is 2.37. The highest BCUT2D eigenvalue weighted by Gasteiger charge is 2.26. The number of piperidine rings is 1. The Morgan fingerprint density at radius 2 is 2.28 bits per heavy atom. The van der Waals surface area contributed by atoms with Crippen LogP contribution >= 0.6 is 12.4 Å². The number of rotatable bonds is 2. The van der Waals surface area contributed by atoms with Gasteiger partial charge in [-0.05, 0) is 37.8 Å². The molecule has 2 rings (SSSR count). The smallest absolute Gasteiger partial charge is 0.272 e. The Bertz CT molecular complexity index is 394. The van der Waals surface area contributed by atoms with Crippen LogP contribution in [0, 0.1) is 0 Å². The number of nitrogen functional groups attached to an aromatic ring is 1. The van der Waals surface area contributed by atoms with Gasteiger partial charge < -0.3 is 10.6 Å². The van der Waals surface area contributed by atoms with Crippen molar-refractivity contribution in [3.05, 3.63) is 24.0 Å². The van der Waals surface area contributed by atoms with E-state index in [0.29, 0.717) is 17.4 Å². The summed E-state index contributed by atoms with van der Waals surface area (Å²) < 4.78 is 0. The van der Waals surface area contributed by atoms with Crippen LogP contribution in [-0.2, 0) is 0 Å². The van der Waals surface area contributed by atoms with Gasteiger partial charge >= 0.3 is 0 Å². The molecule has 2 heterocycles. The van der Waals surface area contributed by atoms with Crippen LogP contribution in [0.15, 0.2) is 18.3 Å². The number of nitrogens with zero attached hydrogens (tertiary/aromatic N) is 2. The predicted octanol–water partition coefficient (Wildman–Crippen LogP) is 2.49. The van der Waals surface area contributed by atoms with Crippen molar-refractivity contribution in [3.8, 4) is 0 Å². The number of hydrogen-bond acceptors (Lipinski definition) is 3. The molecule has 1 aromatic heterocycles. The summed E-state index contributed by atoms with van der Waals surface area (Å²) in [5.41, 5.74) is 6.66. The Balaban J connectivity index is 0.00000162. The van der Waals surface area contributed by atoms with Crippen molar-refractivity contribution in [2.24, 2.45) is 0 Å². The highest BCUT2D eigenvalue weighted by atomic mass is 35.5. The second kappa shape index (κ2) is 6.59. The number of anilines is 1. The molecule has 5 heteroatoms. The molecule has 1 fully saturated rings. The third kappa shape index (κ3) is 3.13. The number of amides is 1. The van der Waals surface area contributed by atoms with E-state index in [2.05, 4.69) is 11.9 Å². The summed E-state index contributed by atoms with van der Waals surface area (Å²) in [5.74, 6) is 0.0385. The Labute approximate surface area is 114 Å². The van der Waals surface area contributed by atoms with Gasteiger partial charge in [0.05, 0.1) is 11.9 Å². The van der Waals surface area contributed by atoms with E-state index in [4.69, 9.17) is 5.73 Å². The van der Waals surface area contributed by atoms with Gasteiger partial charge in [0, 0.05) is 12.6 Å². The Hall–Kier alpha value is -1.29. The van der Waals surface area contributed by atoms with Crippen LogP contribution in [0.25, 0.3) is 0 Å². The first-order chi connectivity index (χ1) is 8.22. The molecule has 0 bridgehead atoms. The number of hydrogen-bond donors (Lipinski definition) is 1. The summed E-state index contributed by atoms with van der Waals surface area (Å²) in [6.07, 6.45) is 5.98. The first kappa shape index (κ1) is 14.8. The lowest BCUT2D eigenvalue weighted by molar-refractivity contribution is 0.0602. The molecule has 0 saturated carbocycles. The van der Waals surface area contributed by atoms with Gasteiger partial charge in [-0.2, -0.15) is 0 Å². The lowest BCUT2D eigenvalue weighted by Gasteiger charge is -2.35. The lowest BCUT2D eigenvalue weighted by Crippen LogP contribution is -2.43. The van der Waals surface area contributed by atoms with Gasteiger partial charge in [-0.1, -0.05) is 6.92 Å². The molecule has 1 atom stereocenters. The molecule has 1 amide bonds. The Morgan fingerprint density at radius 3 is 2.89 bits per heavy atom. The number of pyridine rings is 1. The van der Waals surface area contributed by atoms with E-state index in [1.54, 1.807) is 12.1 Å². The van der Waals surface area contributed by atoms with E-state index >= 15 is 0 Å². The first-order valence-corrected chi connectivity index (χ1v) is 6.25. The molecule has 0 aliphatic carbocycles. The van der Waals surface area contributed by atoms with E-state index in [1.165, 1.54) is 12.6 Å². The van der Waals surface area contributed by atoms with Crippen molar-refractivity contribution in [1.82, 2.24) is 9.88 Å². The summed E-state index contributed by atoms with van der Waals surface area (Å²) >= 11 is 0. The van der Waals surface area contributed by atoms with Gasteiger partial charge in [-0.3, -0.25) is 4.79 Å². The minimum Gasteiger partial charge on any atom is -0.397 e. The Kier molecular flexibility index (Phi) is 5.41. The minimum atomic E-state index is 0. The van der Waals surface area contributed by atoms with Crippen LogP contribution < -0.4 is 5.73 Å². The maximum atomic E-state index is 12.3. The number of likely N-dealkylation sites (tertiary alicyclic amines) is 1. The van der Waals surface area contributed by atoms with Crippen molar-refractivity contribution >= 4 is 24.0 Å². The van der Waals surface area contributed by atoms with Gasteiger partial charge in [0.15, 0.2) is 0 Å². The number of nitrogens with two attached hydrogens (primary N) is 1. The van der Waals surface area contributed by atoms with E-state index in [0.717, 1.165) is 25.8 Å². The zero-order valence-corrected chi connectivity index (χ0v) is 11.4. The number of carbonyl (C=O) groups is 1. The minimum absolute atomic E-state index is 0. The third-order valence-corrected chi connectivity index (χ3v) is 3.36. The second-order valence-corrected chi connectivity index (χ2v) is 4.53. The number of halogens is 1. The molecular formula is C13H20ClN3O. The fourth-order valence-corrected chi connectivity index (χ4v) is 2.37. The SMILES string of the molecule is CCC1CCCCN1C(=O)c1ccc(N)cn1.Cl. The molecular weight excluding hydrogens is 250 g/mol. The molecule has 100 valence electrons. The average Bonchev–Trinajstić information content (AvgIpc) is 2.39. The molecule has 0 spiro atoms. The van der Waals surface area contributed by atoms with Gasteiger partial charge in [0.1, 0.15) is 5.69 Å². The van der Waals surface area contributed by atoms with Crippen molar-refractivity contribution < 1.29 is 4.79 Å². The number of aromatic nitrogens is 1. The summed E-state index contributed by atoms with van der Waals surface area (Å²) in [7, 11) is 0. The molecule has 1 aliphatic rings. The zero-order valence-electron chi connectivity index (χ0n) is 10.6. The third-order valence-electron chi connectivity index (χ3n) is 3.36. The standard InChI is InChI=1S/C13H19N3O.ClH/c1-2-11-5-3-4-8-16(11)13(17)12-7-6-10(14)9-15-12;/h6-7,9,11H,2-5,8,14H2,1H3;1H. The van der Waals surface area contributed by atoms with E-state index in [1.807, 2.05) is 4.90 Å². The summed E-state index contributed by atoms with van der Waals surface area (Å²) in [4.78, 5) is 18.4. The summed E-state index contributed by atoms with van der Waals surface area (Å²) in [6.45, 7) is 2.98. The first-order valence-electron chi connectivity index (χ1n) is 6.25. The maximum Gasteiger partial charge on any atom is 0.272 e. The predicted molar refractivity (Wildman–Crippen MR) is 74.9 cm³/mol. The molecule has 1 saturated heterocycles. The molecule has 4 nitrogen and oxygen atoms in total. The average molecular weight is 270 g/mol. The highest BCUT2D eigenvalue weighted by Crippen LogP contribution is 2.21. The molecule has 18 heavy (non-hydrogen) atoms. The number of carbonyl (C=O) groups excluding carboxylic acids is 1. The fraction of sp³-hybridized carbons (Fsp3) is 0.538. The van der Waals surface area contributed by atoms with Gasteiger partial charge in [0.2, 0.25) is 0 Å². The molecule has 1 aromatic rings. The van der Waals surface area contributed by atoms with Gasteiger partial charge in [-0.15, -0.1) is 12.4 Å². The molecule has 2 N–H and O–H groups in total. The second-order valence-electron chi connectivity index (χ2n) is 4.53. The molecule has 0 aromatic carbocycles. The summed E-state index contributed by atoms with van der Waals surface area (Å²) in [5, 5.41) is 0. The van der Waals surface area contributed by atoms with Crippen LogP contribution in [0.4, 0.5) is 5.69 Å². The molecule has 0 radical (unpaired) electrons. The highest BCUT2D eigenvalue weighted by molar-refractivity contribution is 5.92. The van der Waals surface area contributed by atoms with E-state index in [-0.39, 0.29) is 18.3 Å². The zero-order chi connectivity index (χ0) is 12.3. The lowest BCUT2D eigenvalue weighted by atomic mass is 9.99. The van der Waals surface area contributed by atoms with E-state index < -0.39 is 0 Å². The Morgan fingerprint density at radius 1 is 1.50 bits per heavy atom. The van der Waals surface area contributed by atoms with E-state index in [9.17, 15) is 4.79 Å². The quantitative estimate of drug-likeness (QED) is 0.897. The largest absolute Gasteiger partial charge is 0.397 e. The van der Waals surface area contributed by atoms with Crippen molar-refractivity contribution in [3.63, 3.8) is 0 Å².